The minimum atomic E-state index is -0.0486. The number of hydrogen-bond acceptors (Lipinski definition) is 2. The standard InChI is InChI=1S/C19H12O2/c20-18-14-16(21-19-13-7-6-12-17(18)19)11-5-4-10-15-8-2-1-3-9-15/h1-3,5-9,11-14H/b11-5+. The highest BCUT2D eigenvalue weighted by Crippen LogP contribution is 2.12. The highest BCUT2D eigenvalue weighted by molar-refractivity contribution is 5.77. The van der Waals surface area contributed by atoms with Gasteiger partial charge in [-0.15, -0.1) is 0 Å². The lowest BCUT2D eigenvalue weighted by Crippen LogP contribution is -1.99. The zero-order valence-electron chi connectivity index (χ0n) is 11.2. The van der Waals surface area contributed by atoms with Crippen LogP contribution in [0.1, 0.15) is 11.3 Å². The van der Waals surface area contributed by atoms with E-state index in [1.54, 1.807) is 24.3 Å². The number of hydrogen-bond donors (Lipinski definition) is 0. The van der Waals surface area contributed by atoms with Crippen LogP contribution in [-0.2, 0) is 0 Å². The molecule has 0 amide bonds. The molecule has 0 spiro atoms. The Labute approximate surface area is 122 Å². The Morgan fingerprint density at radius 3 is 2.57 bits per heavy atom. The average Bonchev–Trinajstić information content (AvgIpc) is 2.53. The molecule has 0 aliphatic rings. The normalized spacial score (nSPS) is 10.5. The molecule has 100 valence electrons. The monoisotopic (exact) mass is 272 g/mol. The van der Waals surface area contributed by atoms with Gasteiger partial charge in [0, 0.05) is 11.6 Å². The molecule has 0 aliphatic heterocycles. The molecule has 21 heavy (non-hydrogen) atoms. The molecule has 0 saturated carbocycles. The lowest BCUT2D eigenvalue weighted by atomic mass is 10.2. The molecule has 0 saturated heterocycles. The third-order valence-corrected chi connectivity index (χ3v) is 2.97. The van der Waals surface area contributed by atoms with E-state index < -0.39 is 0 Å². The summed E-state index contributed by atoms with van der Waals surface area (Å²) >= 11 is 0. The Morgan fingerprint density at radius 1 is 0.952 bits per heavy atom. The summed E-state index contributed by atoms with van der Waals surface area (Å²) in [6, 6.07) is 18.4. The third-order valence-electron chi connectivity index (χ3n) is 2.97. The topological polar surface area (TPSA) is 30.2 Å². The van der Waals surface area contributed by atoms with Crippen LogP contribution >= 0.6 is 0 Å². The number of benzene rings is 2. The fourth-order valence-electron chi connectivity index (χ4n) is 1.98. The van der Waals surface area contributed by atoms with E-state index >= 15 is 0 Å². The van der Waals surface area contributed by atoms with Crippen LogP contribution in [0.3, 0.4) is 0 Å². The van der Waals surface area contributed by atoms with E-state index in [1.807, 2.05) is 42.5 Å². The predicted molar refractivity (Wildman–Crippen MR) is 84.8 cm³/mol. The molecule has 3 rings (SSSR count). The largest absolute Gasteiger partial charge is 0.456 e. The zero-order valence-corrected chi connectivity index (χ0v) is 11.2. The van der Waals surface area contributed by atoms with Gasteiger partial charge in [0.1, 0.15) is 11.3 Å². The van der Waals surface area contributed by atoms with Gasteiger partial charge in [-0.2, -0.15) is 0 Å². The average molecular weight is 272 g/mol. The molecular formula is C19H12O2. The van der Waals surface area contributed by atoms with Gasteiger partial charge >= 0.3 is 0 Å². The van der Waals surface area contributed by atoms with Gasteiger partial charge in [0.15, 0.2) is 5.43 Å². The summed E-state index contributed by atoms with van der Waals surface area (Å²) in [4.78, 5) is 11.9. The molecule has 3 aromatic rings. The van der Waals surface area contributed by atoms with Crippen LogP contribution in [0.5, 0.6) is 0 Å². The fraction of sp³-hybridized carbons (Fsp3) is 0. The van der Waals surface area contributed by atoms with Gasteiger partial charge in [-0.25, -0.2) is 0 Å². The Morgan fingerprint density at radius 2 is 1.71 bits per heavy atom. The van der Waals surface area contributed by atoms with Crippen LogP contribution < -0.4 is 5.43 Å². The molecule has 0 unspecified atom stereocenters. The van der Waals surface area contributed by atoms with E-state index in [0.29, 0.717) is 16.7 Å². The molecule has 2 heteroatoms. The quantitative estimate of drug-likeness (QED) is 0.630. The molecule has 0 aliphatic carbocycles. The predicted octanol–water partition coefficient (Wildman–Crippen LogP) is 3.86. The van der Waals surface area contributed by atoms with Crippen molar-refractivity contribution < 1.29 is 4.42 Å². The van der Waals surface area contributed by atoms with Gasteiger partial charge in [0.2, 0.25) is 0 Å². The third kappa shape index (κ3) is 3.10. The summed E-state index contributed by atoms with van der Waals surface area (Å²) in [6.45, 7) is 0. The smallest absolute Gasteiger partial charge is 0.193 e. The maximum absolute atomic E-state index is 11.9. The number of allylic oxidation sites excluding steroid dienone is 1. The number of fused-ring (bicyclic) bond motifs is 1. The van der Waals surface area contributed by atoms with Gasteiger partial charge in [0.05, 0.1) is 5.39 Å². The lowest BCUT2D eigenvalue weighted by molar-refractivity contribution is 0.591. The summed E-state index contributed by atoms with van der Waals surface area (Å²) in [7, 11) is 0. The Hall–Kier alpha value is -3.05. The minimum absolute atomic E-state index is 0.0486. The molecule has 1 heterocycles. The molecule has 0 N–H and O–H groups in total. The van der Waals surface area contributed by atoms with E-state index in [2.05, 4.69) is 11.8 Å². The Balaban J connectivity index is 1.87. The molecule has 2 nitrogen and oxygen atoms in total. The van der Waals surface area contributed by atoms with Gasteiger partial charge < -0.3 is 4.42 Å². The first kappa shape index (κ1) is 13.0. The summed E-state index contributed by atoms with van der Waals surface area (Å²) in [6.07, 6.45) is 3.38. The van der Waals surface area contributed by atoms with E-state index in [0.717, 1.165) is 5.56 Å². The molecule has 1 aromatic heterocycles. The van der Waals surface area contributed by atoms with Crippen molar-refractivity contribution in [3.8, 4) is 11.8 Å². The van der Waals surface area contributed by atoms with Gasteiger partial charge in [-0.1, -0.05) is 42.2 Å². The van der Waals surface area contributed by atoms with E-state index in [4.69, 9.17) is 4.42 Å². The van der Waals surface area contributed by atoms with Crippen molar-refractivity contribution in [3.63, 3.8) is 0 Å². The van der Waals surface area contributed by atoms with E-state index in [9.17, 15) is 4.79 Å². The van der Waals surface area contributed by atoms with E-state index in [1.165, 1.54) is 6.07 Å². The summed E-state index contributed by atoms with van der Waals surface area (Å²) in [5.41, 5.74) is 1.48. The molecular weight excluding hydrogens is 260 g/mol. The maximum Gasteiger partial charge on any atom is 0.193 e. The first-order chi connectivity index (χ1) is 10.3. The number of para-hydroxylation sites is 1. The first-order valence-electron chi connectivity index (χ1n) is 6.59. The SMILES string of the molecule is O=c1cc(/C=C/C#Cc2ccccc2)oc2ccccc12. The number of rotatable bonds is 1. The van der Waals surface area contributed by atoms with Crippen molar-refractivity contribution >= 4 is 17.0 Å². The van der Waals surface area contributed by atoms with Crippen molar-refractivity contribution in [3.05, 3.63) is 88.3 Å². The molecule has 0 radical (unpaired) electrons. The van der Waals surface area contributed by atoms with Crippen molar-refractivity contribution in [2.75, 3.05) is 0 Å². The van der Waals surface area contributed by atoms with Crippen LogP contribution in [0.25, 0.3) is 17.0 Å². The van der Waals surface area contributed by atoms with Crippen molar-refractivity contribution in [2.45, 2.75) is 0 Å². The highest BCUT2D eigenvalue weighted by atomic mass is 16.3. The fourth-order valence-corrected chi connectivity index (χ4v) is 1.98. The van der Waals surface area contributed by atoms with Crippen LogP contribution in [0.4, 0.5) is 0 Å². The maximum atomic E-state index is 11.9. The zero-order chi connectivity index (χ0) is 14.5. The Bertz CT molecular complexity index is 907. The summed E-state index contributed by atoms with van der Waals surface area (Å²) in [5.74, 6) is 6.44. The second-order valence-electron chi connectivity index (χ2n) is 4.48. The van der Waals surface area contributed by atoms with Gasteiger partial charge in [-0.3, -0.25) is 4.79 Å². The van der Waals surface area contributed by atoms with E-state index in [-0.39, 0.29) is 5.43 Å². The van der Waals surface area contributed by atoms with Crippen molar-refractivity contribution in [1.82, 2.24) is 0 Å². The van der Waals surface area contributed by atoms with Gasteiger partial charge in [-0.05, 0) is 36.4 Å². The highest BCUT2D eigenvalue weighted by Gasteiger charge is 2.00. The summed E-state index contributed by atoms with van der Waals surface area (Å²) < 4.78 is 5.64. The van der Waals surface area contributed by atoms with Gasteiger partial charge in [0.25, 0.3) is 0 Å². The molecule has 0 bridgehead atoms. The van der Waals surface area contributed by atoms with Crippen LogP contribution in [0.15, 0.2) is 76.0 Å². The Kier molecular flexibility index (Phi) is 3.66. The first-order valence-corrected chi connectivity index (χ1v) is 6.59. The summed E-state index contributed by atoms with van der Waals surface area (Å²) in [5, 5.41) is 0.588. The van der Waals surface area contributed by atoms with Crippen LogP contribution in [0, 0.1) is 11.8 Å². The van der Waals surface area contributed by atoms with Crippen molar-refractivity contribution in [2.24, 2.45) is 0 Å². The van der Waals surface area contributed by atoms with Crippen LogP contribution in [0.2, 0.25) is 0 Å². The van der Waals surface area contributed by atoms with Crippen LogP contribution in [-0.4, -0.2) is 0 Å². The lowest BCUT2D eigenvalue weighted by Gasteiger charge is -1.97. The molecule has 0 fully saturated rings. The second kappa shape index (κ2) is 5.94. The van der Waals surface area contributed by atoms with Crippen molar-refractivity contribution in [1.29, 1.82) is 0 Å². The molecule has 0 atom stereocenters. The minimum Gasteiger partial charge on any atom is -0.456 e. The second-order valence-corrected chi connectivity index (χ2v) is 4.48. The molecule has 2 aromatic carbocycles.